The van der Waals surface area contributed by atoms with E-state index in [4.69, 9.17) is 14.6 Å². The van der Waals surface area contributed by atoms with Crippen LogP contribution in [0.25, 0.3) is 0 Å². The van der Waals surface area contributed by atoms with Gasteiger partial charge in [-0.1, -0.05) is 0 Å². The van der Waals surface area contributed by atoms with E-state index in [1.165, 1.54) is 42.5 Å². The number of anilines is 1. The smallest absolute Gasteiger partial charge is 0.341 e. The highest BCUT2D eigenvalue weighted by Gasteiger charge is 2.29. The number of benzene rings is 1. The fourth-order valence-corrected chi connectivity index (χ4v) is 5.15. The van der Waals surface area contributed by atoms with Crippen LogP contribution in [-0.2, 0) is 37.1 Å². The molecule has 0 fully saturated rings. The lowest BCUT2D eigenvalue weighted by Gasteiger charge is -2.14. The summed E-state index contributed by atoms with van der Waals surface area (Å²) in [6.45, 7) is 3.34. The van der Waals surface area contributed by atoms with Crippen molar-refractivity contribution in [3.8, 4) is 0 Å². The van der Waals surface area contributed by atoms with Crippen molar-refractivity contribution in [1.29, 1.82) is 0 Å². The number of sulfonamides is 1. The average Bonchev–Trinajstić information content (AvgIpc) is 3.11. The summed E-state index contributed by atoms with van der Waals surface area (Å²) in [6, 6.07) is 4.86. The molecule has 0 spiro atoms. The number of hydrogen-bond donors (Lipinski definition) is 2. The lowest BCUT2D eigenvalue weighted by atomic mass is 9.95. The minimum Gasteiger partial charge on any atom is -0.462 e. The van der Waals surface area contributed by atoms with Crippen molar-refractivity contribution in [3.63, 3.8) is 0 Å². The first kappa shape index (κ1) is 23.9. The molecule has 1 amide bonds. The second-order valence-corrected chi connectivity index (χ2v) is 9.91. The minimum absolute atomic E-state index is 0.0656. The number of nitrogens with one attached hydrogen (secondary N) is 1. The summed E-state index contributed by atoms with van der Waals surface area (Å²) in [4.78, 5) is 38.4. The van der Waals surface area contributed by atoms with E-state index < -0.39 is 34.0 Å². The zero-order valence-electron chi connectivity index (χ0n) is 17.7. The Hall–Kier alpha value is -2.76. The SMILES string of the molecule is CCOC(=O)c1c(NC(=O)C(C)OC(=O)c2ccc(S(N)(=O)=O)cc2)sc2c1CCCC2. The van der Waals surface area contributed by atoms with Crippen LogP contribution in [-0.4, -0.2) is 39.0 Å². The third kappa shape index (κ3) is 5.34. The first-order chi connectivity index (χ1) is 15.1. The van der Waals surface area contributed by atoms with Crippen LogP contribution in [0.5, 0.6) is 0 Å². The molecule has 1 aromatic carbocycles. The van der Waals surface area contributed by atoms with Crippen LogP contribution in [0.4, 0.5) is 5.00 Å². The van der Waals surface area contributed by atoms with Crippen molar-refractivity contribution in [2.75, 3.05) is 11.9 Å². The summed E-state index contributed by atoms with van der Waals surface area (Å²) in [5, 5.41) is 8.12. The van der Waals surface area contributed by atoms with Crippen LogP contribution in [0, 0.1) is 0 Å². The maximum absolute atomic E-state index is 12.7. The Morgan fingerprint density at radius 3 is 2.41 bits per heavy atom. The number of ether oxygens (including phenoxy) is 2. The maximum Gasteiger partial charge on any atom is 0.341 e. The highest BCUT2D eigenvalue weighted by molar-refractivity contribution is 7.89. The molecule has 11 heteroatoms. The molecule has 3 N–H and O–H groups in total. The van der Waals surface area contributed by atoms with Crippen LogP contribution >= 0.6 is 11.3 Å². The van der Waals surface area contributed by atoms with Crippen LogP contribution in [0.15, 0.2) is 29.2 Å². The molecule has 1 aromatic heterocycles. The molecular weight excluding hydrogens is 456 g/mol. The number of amides is 1. The molecule has 0 saturated heterocycles. The Morgan fingerprint density at radius 1 is 1.12 bits per heavy atom. The highest BCUT2D eigenvalue weighted by Crippen LogP contribution is 2.38. The Labute approximate surface area is 189 Å². The van der Waals surface area contributed by atoms with Crippen LogP contribution < -0.4 is 10.5 Å². The Bertz CT molecular complexity index is 1140. The number of thiophene rings is 1. The molecule has 1 unspecified atom stereocenters. The number of nitrogens with two attached hydrogens (primary N) is 1. The van der Waals surface area contributed by atoms with Crippen LogP contribution in [0.3, 0.4) is 0 Å². The zero-order valence-corrected chi connectivity index (χ0v) is 19.3. The molecule has 0 bridgehead atoms. The first-order valence-electron chi connectivity index (χ1n) is 10.1. The summed E-state index contributed by atoms with van der Waals surface area (Å²) in [6.07, 6.45) is 2.40. The van der Waals surface area contributed by atoms with Gasteiger partial charge in [0.05, 0.1) is 22.6 Å². The Morgan fingerprint density at radius 2 is 1.78 bits per heavy atom. The number of rotatable bonds is 7. The fraction of sp³-hybridized carbons (Fsp3) is 0.381. The van der Waals surface area contributed by atoms with Crippen molar-refractivity contribution in [2.24, 2.45) is 5.14 Å². The largest absolute Gasteiger partial charge is 0.462 e. The number of aryl methyl sites for hydroxylation is 1. The normalized spacial score (nSPS) is 14.2. The van der Waals surface area contributed by atoms with Gasteiger partial charge in [-0.05, 0) is 69.4 Å². The zero-order chi connectivity index (χ0) is 23.5. The van der Waals surface area contributed by atoms with Gasteiger partial charge in [-0.15, -0.1) is 11.3 Å². The first-order valence-corrected chi connectivity index (χ1v) is 12.4. The second kappa shape index (κ2) is 9.80. The standard InChI is InChI=1S/C21H24N2O7S2/c1-3-29-21(26)17-15-6-4-5-7-16(15)31-19(17)23-18(24)12(2)30-20(25)13-8-10-14(11-9-13)32(22,27)28/h8-12H,3-7H2,1-2H3,(H,23,24)(H2,22,27,28). The number of hydrogen-bond acceptors (Lipinski definition) is 8. The summed E-state index contributed by atoms with van der Waals surface area (Å²) in [5.41, 5.74) is 1.35. The monoisotopic (exact) mass is 480 g/mol. The molecule has 172 valence electrons. The quantitative estimate of drug-likeness (QED) is 0.580. The van der Waals surface area contributed by atoms with Crippen molar-refractivity contribution >= 4 is 44.2 Å². The highest BCUT2D eigenvalue weighted by atomic mass is 32.2. The Kier molecular flexibility index (Phi) is 7.32. The number of primary sulfonamides is 1. The van der Waals surface area contributed by atoms with Crippen LogP contribution in [0.2, 0.25) is 0 Å². The fourth-order valence-electron chi connectivity index (χ4n) is 3.35. The molecule has 1 aliphatic rings. The van der Waals surface area contributed by atoms with Gasteiger partial charge in [0.2, 0.25) is 10.0 Å². The number of fused-ring (bicyclic) bond motifs is 1. The van der Waals surface area contributed by atoms with Crippen LogP contribution in [0.1, 0.15) is 57.8 Å². The lowest BCUT2D eigenvalue weighted by Crippen LogP contribution is -2.30. The van der Waals surface area contributed by atoms with Gasteiger partial charge in [0.1, 0.15) is 5.00 Å². The summed E-state index contributed by atoms with van der Waals surface area (Å²) in [7, 11) is -3.89. The third-order valence-electron chi connectivity index (χ3n) is 4.96. The van der Waals surface area contributed by atoms with E-state index >= 15 is 0 Å². The van der Waals surface area contributed by atoms with Gasteiger partial charge in [0.15, 0.2) is 6.10 Å². The van der Waals surface area contributed by atoms with Gasteiger partial charge in [0, 0.05) is 4.88 Å². The van der Waals surface area contributed by atoms with E-state index in [0.29, 0.717) is 10.6 Å². The number of carbonyl (C=O) groups is 3. The molecular formula is C21H24N2O7S2. The van der Waals surface area contributed by atoms with Gasteiger partial charge >= 0.3 is 11.9 Å². The number of esters is 2. The molecule has 9 nitrogen and oxygen atoms in total. The topological polar surface area (TPSA) is 142 Å². The predicted octanol–water partition coefficient (Wildman–Crippen LogP) is 2.64. The minimum atomic E-state index is -3.89. The van der Waals surface area contributed by atoms with E-state index in [9.17, 15) is 22.8 Å². The average molecular weight is 481 g/mol. The summed E-state index contributed by atoms with van der Waals surface area (Å²) < 4.78 is 33.0. The lowest BCUT2D eigenvalue weighted by molar-refractivity contribution is -0.123. The third-order valence-corrected chi connectivity index (χ3v) is 7.10. The second-order valence-electron chi connectivity index (χ2n) is 7.24. The molecule has 3 rings (SSSR count). The van der Waals surface area contributed by atoms with E-state index in [1.54, 1.807) is 6.92 Å². The van der Waals surface area contributed by atoms with E-state index in [1.807, 2.05) is 0 Å². The molecule has 1 aliphatic carbocycles. The van der Waals surface area contributed by atoms with Gasteiger partial charge in [-0.3, -0.25) is 4.79 Å². The summed E-state index contributed by atoms with van der Waals surface area (Å²) in [5.74, 6) is -1.88. The van der Waals surface area contributed by atoms with Gasteiger partial charge in [-0.25, -0.2) is 23.1 Å². The molecule has 2 aromatic rings. The van der Waals surface area contributed by atoms with E-state index in [2.05, 4.69) is 5.32 Å². The maximum atomic E-state index is 12.7. The van der Waals surface area contributed by atoms with Crippen molar-refractivity contribution in [1.82, 2.24) is 0 Å². The molecule has 0 saturated carbocycles. The molecule has 1 heterocycles. The van der Waals surface area contributed by atoms with Gasteiger partial charge < -0.3 is 14.8 Å². The molecule has 1 atom stereocenters. The molecule has 0 radical (unpaired) electrons. The van der Waals surface area contributed by atoms with Crippen molar-refractivity contribution < 1.29 is 32.3 Å². The van der Waals surface area contributed by atoms with Gasteiger partial charge in [0.25, 0.3) is 5.91 Å². The van der Waals surface area contributed by atoms with Crippen molar-refractivity contribution in [3.05, 3.63) is 45.8 Å². The van der Waals surface area contributed by atoms with Gasteiger partial charge in [-0.2, -0.15) is 0 Å². The Balaban J connectivity index is 1.72. The predicted molar refractivity (Wildman–Crippen MR) is 118 cm³/mol. The molecule has 32 heavy (non-hydrogen) atoms. The summed E-state index contributed by atoms with van der Waals surface area (Å²) >= 11 is 1.34. The molecule has 0 aliphatic heterocycles. The number of carbonyl (C=O) groups excluding carboxylic acids is 3. The van der Waals surface area contributed by atoms with E-state index in [0.717, 1.165) is 36.1 Å². The van der Waals surface area contributed by atoms with Crippen molar-refractivity contribution in [2.45, 2.75) is 50.5 Å². The van der Waals surface area contributed by atoms with E-state index in [-0.39, 0.29) is 17.1 Å².